The summed E-state index contributed by atoms with van der Waals surface area (Å²) in [5.41, 5.74) is -3.61. The van der Waals surface area contributed by atoms with Gasteiger partial charge in [-0.05, 0) is 56.5 Å². The highest BCUT2D eigenvalue weighted by atomic mass is 79.9. The number of alkyl halides is 3. The number of nitro benzene ring substituents is 2. The fourth-order valence-electron chi connectivity index (χ4n) is 2.16. The third-order valence-corrected chi connectivity index (χ3v) is 4.50. The molecule has 0 radical (unpaired) electrons. The Labute approximate surface area is 160 Å². The molecule has 0 aliphatic rings. The predicted molar refractivity (Wildman–Crippen MR) is 94.6 cm³/mol. The average molecular weight is 499 g/mol. The van der Waals surface area contributed by atoms with E-state index in [1.54, 1.807) is 19.1 Å². The highest BCUT2D eigenvalue weighted by molar-refractivity contribution is 9.11. The van der Waals surface area contributed by atoms with Crippen LogP contribution >= 0.6 is 31.9 Å². The van der Waals surface area contributed by atoms with Crippen molar-refractivity contribution in [2.75, 3.05) is 5.32 Å². The molecule has 0 fully saturated rings. The van der Waals surface area contributed by atoms with Crippen molar-refractivity contribution in [1.29, 1.82) is 0 Å². The Kier molecular flexibility index (Phi) is 5.56. The predicted octanol–water partition coefficient (Wildman–Crippen LogP) is 6.10. The second-order valence-corrected chi connectivity index (χ2v) is 6.84. The first-order valence-corrected chi connectivity index (χ1v) is 8.27. The van der Waals surface area contributed by atoms with Gasteiger partial charge in [0.15, 0.2) is 0 Å². The van der Waals surface area contributed by atoms with Crippen molar-refractivity contribution in [2.45, 2.75) is 13.1 Å². The van der Waals surface area contributed by atoms with Gasteiger partial charge in [0, 0.05) is 15.0 Å². The maximum atomic E-state index is 13.4. The molecule has 7 nitrogen and oxygen atoms in total. The third kappa shape index (κ3) is 4.12. The molecule has 0 amide bonds. The Balaban J connectivity index is 2.78. The molecule has 0 heterocycles. The van der Waals surface area contributed by atoms with Crippen molar-refractivity contribution in [3.8, 4) is 0 Å². The highest BCUT2D eigenvalue weighted by Gasteiger charge is 2.40. The van der Waals surface area contributed by atoms with Crippen LogP contribution in [0.4, 0.5) is 35.9 Å². The van der Waals surface area contributed by atoms with E-state index in [4.69, 9.17) is 0 Å². The number of rotatable bonds is 4. The van der Waals surface area contributed by atoms with E-state index >= 15 is 0 Å². The molecule has 0 saturated carbocycles. The molecule has 0 unspecified atom stereocenters. The van der Waals surface area contributed by atoms with Crippen LogP contribution in [0.5, 0.6) is 0 Å². The Morgan fingerprint density at radius 3 is 1.92 bits per heavy atom. The summed E-state index contributed by atoms with van der Waals surface area (Å²) in [7, 11) is 0. The molecule has 0 bridgehead atoms. The molecule has 0 aliphatic carbocycles. The van der Waals surface area contributed by atoms with Gasteiger partial charge in [-0.1, -0.05) is 0 Å². The largest absolute Gasteiger partial charge is 0.418 e. The highest BCUT2D eigenvalue weighted by Crippen LogP contribution is 2.45. The number of nitrogens with zero attached hydrogens (tertiary/aromatic N) is 2. The van der Waals surface area contributed by atoms with Crippen LogP contribution in [-0.4, -0.2) is 9.85 Å². The summed E-state index contributed by atoms with van der Waals surface area (Å²) in [4.78, 5) is 19.9. The van der Waals surface area contributed by atoms with Gasteiger partial charge in [0.1, 0.15) is 5.69 Å². The van der Waals surface area contributed by atoms with Crippen LogP contribution in [0, 0.1) is 27.2 Å². The van der Waals surface area contributed by atoms with Crippen LogP contribution in [0.25, 0.3) is 0 Å². The molecule has 0 aromatic heterocycles. The first kappa shape index (κ1) is 20.1. The number of halogens is 5. The standard InChI is InChI=1S/C14H8Br2F3N3O4/c1-6-2-9(15)13(10(16)3-6)20-12-8(14(17,18)19)4-7(21(23)24)5-11(12)22(25)26/h2-5,20H,1H3. The smallest absolute Gasteiger partial charge is 0.348 e. The fourth-order valence-corrected chi connectivity index (χ4v) is 3.77. The lowest BCUT2D eigenvalue weighted by molar-refractivity contribution is -0.394. The van der Waals surface area contributed by atoms with Gasteiger partial charge in [-0.25, -0.2) is 0 Å². The SMILES string of the molecule is Cc1cc(Br)c(Nc2c([N+](=O)[O-])cc([N+](=O)[O-])cc2C(F)(F)F)c(Br)c1. The lowest BCUT2D eigenvalue weighted by Crippen LogP contribution is -2.12. The quantitative estimate of drug-likeness (QED) is 0.405. The van der Waals surface area contributed by atoms with E-state index in [9.17, 15) is 33.4 Å². The van der Waals surface area contributed by atoms with Gasteiger partial charge in [-0.15, -0.1) is 0 Å². The number of hydrogen-bond donors (Lipinski definition) is 1. The third-order valence-electron chi connectivity index (χ3n) is 3.25. The minimum absolute atomic E-state index is 0.109. The maximum absolute atomic E-state index is 13.4. The average Bonchev–Trinajstić information content (AvgIpc) is 2.48. The van der Waals surface area contributed by atoms with Gasteiger partial charge >= 0.3 is 6.18 Å². The van der Waals surface area contributed by atoms with Crippen molar-refractivity contribution in [3.63, 3.8) is 0 Å². The fraction of sp³-hybridized carbons (Fsp3) is 0.143. The number of non-ortho nitro benzene ring substituents is 1. The van der Waals surface area contributed by atoms with Crippen molar-refractivity contribution < 1.29 is 23.0 Å². The molecular formula is C14H8Br2F3N3O4. The zero-order chi connectivity index (χ0) is 19.8. The molecule has 2 aromatic rings. The van der Waals surface area contributed by atoms with E-state index in [-0.39, 0.29) is 11.8 Å². The summed E-state index contributed by atoms with van der Waals surface area (Å²) in [6, 6.07) is 3.92. The van der Waals surface area contributed by atoms with E-state index in [1.165, 1.54) is 0 Å². The normalized spacial score (nSPS) is 11.3. The summed E-state index contributed by atoms with van der Waals surface area (Å²) in [6.45, 7) is 1.74. The number of aryl methyl sites for hydroxylation is 1. The zero-order valence-electron chi connectivity index (χ0n) is 12.7. The van der Waals surface area contributed by atoms with Crippen molar-refractivity contribution in [2.24, 2.45) is 0 Å². The molecule has 0 atom stereocenters. The van der Waals surface area contributed by atoms with Gasteiger partial charge in [-0.3, -0.25) is 20.2 Å². The summed E-state index contributed by atoms with van der Waals surface area (Å²) in [5.74, 6) is 0. The molecule has 138 valence electrons. The van der Waals surface area contributed by atoms with Gasteiger partial charge < -0.3 is 5.32 Å². The van der Waals surface area contributed by atoms with Gasteiger partial charge in [0.2, 0.25) is 0 Å². The van der Waals surface area contributed by atoms with Crippen molar-refractivity contribution in [1.82, 2.24) is 0 Å². The first-order valence-electron chi connectivity index (χ1n) is 6.68. The number of nitro groups is 2. The Bertz CT molecular complexity index is 896. The van der Waals surface area contributed by atoms with Crippen LogP contribution in [0.2, 0.25) is 0 Å². The molecular weight excluding hydrogens is 491 g/mol. The van der Waals surface area contributed by atoms with Gasteiger partial charge in [0.05, 0.1) is 27.2 Å². The van der Waals surface area contributed by atoms with E-state index in [2.05, 4.69) is 37.2 Å². The zero-order valence-corrected chi connectivity index (χ0v) is 15.9. The summed E-state index contributed by atoms with van der Waals surface area (Å²) >= 11 is 6.36. The topological polar surface area (TPSA) is 98.3 Å². The molecule has 12 heteroatoms. The van der Waals surface area contributed by atoms with Gasteiger partial charge in [0.25, 0.3) is 11.4 Å². The van der Waals surface area contributed by atoms with Crippen molar-refractivity contribution in [3.05, 3.63) is 64.6 Å². The Morgan fingerprint density at radius 2 is 1.50 bits per heavy atom. The van der Waals surface area contributed by atoms with E-state index in [0.29, 0.717) is 15.0 Å². The molecule has 0 aliphatic heterocycles. The number of nitrogens with one attached hydrogen (secondary N) is 1. The molecule has 2 rings (SSSR count). The van der Waals surface area contributed by atoms with Gasteiger partial charge in [-0.2, -0.15) is 13.2 Å². The second-order valence-electron chi connectivity index (χ2n) is 5.13. The molecule has 2 aromatic carbocycles. The second kappa shape index (κ2) is 7.19. The van der Waals surface area contributed by atoms with E-state index in [1.807, 2.05) is 0 Å². The Hall–Kier alpha value is -2.21. The molecule has 0 spiro atoms. The minimum atomic E-state index is -5.05. The van der Waals surface area contributed by atoms with Crippen LogP contribution in [-0.2, 0) is 6.18 Å². The number of hydrogen-bond acceptors (Lipinski definition) is 5. The van der Waals surface area contributed by atoms with Crippen molar-refractivity contribution >= 4 is 54.6 Å². The molecule has 0 saturated heterocycles. The Morgan fingerprint density at radius 1 is 0.962 bits per heavy atom. The summed E-state index contributed by atoms with van der Waals surface area (Å²) in [6.07, 6.45) is -5.05. The first-order chi connectivity index (χ1) is 11.9. The minimum Gasteiger partial charge on any atom is -0.348 e. The maximum Gasteiger partial charge on any atom is 0.418 e. The van der Waals surface area contributed by atoms with E-state index in [0.717, 1.165) is 5.56 Å². The van der Waals surface area contributed by atoms with Crippen LogP contribution < -0.4 is 5.32 Å². The number of benzene rings is 2. The monoisotopic (exact) mass is 497 g/mol. The molecule has 1 N–H and O–H groups in total. The number of anilines is 2. The molecule has 26 heavy (non-hydrogen) atoms. The lowest BCUT2D eigenvalue weighted by atomic mass is 10.1. The lowest BCUT2D eigenvalue weighted by Gasteiger charge is -2.17. The summed E-state index contributed by atoms with van der Waals surface area (Å²) in [5, 5.41) is 24.5. The van der Waals surface area contributed by atoms with Crippen LogP contribution in [0.1, 0.15) is 11.1 Å². The van der Waals surface area contributed by atoms with E-state index < -0.39 is 38.6 Å². The summed E-state index contributed by atoms with van der Waals surface area (Å²) < 4.78 is 40.9. The van der Waals surface area contributed by atoms with Crippen LogP contribution in [0.3, 0.4) is 0 Å². The van der Waals surface area contributed by atoms with Crippen LogP contribution in [0.15, 0.2) is 33.2 Å².